The van der Waals surface area contributed by atoms with Crippen molar-refractivity contribution in [1.82, 2.24) is 0 Å². The van der Waals surface area contributed by atoms with Crippen molar-refractivity contribution in [2.45, 2.75) is 58.0 Å². The van der Waals surface area contributed by atoms with E-state index >= 15 is 0 Å². The zero-order chi connectivity index (χ0) is 17.9. The van der Waals surface area contributed by atoms with Gasteiger partial charge in [-0.25, -0.2) is 4.89 Å². The van der Waals surface area contributed by atoms with Crippen LogP contribution in [-0.4, -0.2) is 22.4 Å². The Morgan fingerprint density at radius 2 is 1.71 bits per heavy atom. The predicted octanol–water partition coefficient (Wildman–Crippen LogP) is 5.46. The van der Waals surface area contributed by atoms with Crippen molar-refractivity contribution in [2.24, 2.45) is 0 Å². The van der Waals surface area contributed by atoms with E-state index in [0.717, 1.165) is 25.7 Å². The van der Waals surface area contributed by atoms with Crippen molar-refractivity contribution in [3.05, 3.63) is 60.8 Å². The minimum absolute atomic E-state index is 0.232. The number of carboxylic acid groups (broad SMARTS) is 1. The van der Waals surface area contributed by atoms with Gasteiger partial charge in [0, 0.05) is 6.42 Å². The molecule has 0 amide bonds. The maximum atomic E-state index is 10.3. The van der Waals surface area contributed by atoms with Gasteiger partial charge in [-0.05, 0) is 38.5 Å². The molecule has 0 aromatic carbocycles. The van der Waals surface area contributed by atoms with Gasteiger partial charge in [0.2, 0.25) is 0 Å². The molecule has 0 heterocycles. The zero-order valence-corrected chi connectivity index (χ0v) is 14.5. The highest BCUT2D eigenvalue weighted by atomic mass is 17.1. The van der Waals surface area contributed by atoms with Crippen molar-refractivity contribution in [3.63, 3.8) is 0 Å². The summed E-state index contributed by atoms with van der Waals surface area (Å²) in [6, 6.07) is 0. The van der Waals surface area contributed by atoms with Crippen LogP contribution in [0.1, 0.15) is 51.9 Å². The minimum atomic E-state index is -0.738. The fourth-order valence-corrected chi connectivity index (χ4v) is 1.83. The number of allylic oxidation sites excluding steroid dienone is 8. The van der Waals surface area contributed by atoms with E-state index in [1.54, 1.807) is 0 Å². The highest BCUT2D eigenvalue weighted by Gasteiger charge is 1.99. The van der Waals surface area contributed by atoms with Gasteiger partial charge >= 0.3 is 5.97 Å². The Bertz CT molecular complexity index is 445. The molecule has 4 heteroatoms. The lowest BCUT2D eigenvalue weighted by atomic mass is 10.2. The number of hydrogen-bond donors (Lipinski definition) is 2. The molecule has 0 unspecified atom stereocenters. The van der Waals surface area contributed by atoms with Gasteiger partial charge in [0.15, 0.2) is 0 Å². The summed E-state index contributed by atoms with van der Waals surface area (Å²) in [5.41, 5.74) is 0. The Morgan fingerprint density at radius 3 is 2.38 bits per heavy atom. The topological polar surface area (TPSA) is 66.8 Å². The van der Waals surface area contributed by atoms with Crippen LogP contribution < -0.4 is 0 Å². The van der Waals surface area contributed by atoms with Crippen molar-refractivity contribution in [1.29, 1.82) is 0 Å². The van der Waals surface area contributed by atoms with Gasteiger partial charge in [0.25, 0.3) is 0 Å². The molecule has 0 saturated carbocycles. The maximum absolute atomic E-state index is 10.3. The van der Waals surface area contributed by atoms with Crippen LogP contribution in [0.4, 0.5) is 0 Å². The predicted molar refractivity (Wildman–Crippen MR) is 98.8 cm³/mol. The highest BCUT2D eigenvalue weighted by Crippen LogP contribution is 2.02. The average molecular weight is 334 g/mol. The Balaban J connectivity index is 3.75. The minimum Gasteiger partial charge on any atom is -0.481 e. The third-order valence-electron chi connectivity index (χ3n) is 3.12. The normalized spacial score (nSPS) is 14.1. The summed E-state index contributed by atoms with van der Waals surface area (Å²) in [7, 11) is 0. The SMILES string of the molecule is CCC=CC[C@@H](C=CC=CCC=CCC=CCCCC(=O)O)OO. The van der Waals surface area contributed by atoms with Crippen LogP contribution in [0.2, 0.25) is 0 Å². The van der Waals surface area contributed by atoms with E-state index < -0.39 is 5.97 Å². The second-order valence-electron chi connectivity index (χ2n) is 5.27. The molecule has 0 spiro atoms. The van der Waals surface area contributed by atoms with Crippen LogP contribution in [0.15, 0.2) is 60.8 Å². The second kappa shape index (κ2) is 17.4. The largest absolute Gasteiger partial charge is 0.481 e. The Hall–Kier alpha value is -1.91. The number of aliphatic carboxylic acids is 1. The molecule has 0 aliphatic heterocycles. The highest BCUT2D eigenvalue weighted by molar-refractivity contribution is 5.66. The maximum Gasteiger partial charge on any atom is 0.303 e. The molecule has 0 aromatic rings. The smallest absolute Gasteiger partial charge is 0.303 e. The van der Waals surface area contributed by atoms with Crippen molar-refractivity contribution >= 4 is 5.97 Å². The third-order valence-corrected chi connectivity index (χ3v) is 3.12. The van der Waals surface area contributed by atoms with Crippen LogP contribution in [0.5, 0.6) is 0 Å². The number of carbonyl (C=O) groups is 1. The Kier molecular flexibility index (Phi) is 16.1. The second-order valence-corrected chi connectivity index (χ2v) is 5.27. The van der Waals surface area contributed by atoms with Crippen LogP contribution in [0, 0.1) is 0 Å². The molecule has 0 aliphatic rings. The molecule has 0 saturated heterocycles. The van der Waals surface area contributed by atoms with E-state index in [2.05, 4.69) is 30.0 Å². The summed E-state index contributed by atoms with van der Waals surface area (Å²) < 4.78 is 0. The molecule has 134 valence electrons. The van der Waals surface area contributed by atoms with Crippen LogP contribution in [-0.2, 0) is 9.68 Å². The molecule has 1 atom stereocenters. The first kappa shape index (κ1) is 22.1. The van der Waals surface area contributed by atoms with E-state index in [-0.39, 0.29) is 12.5 Å². The molecule has 24 heavy (non-hydrogen) atoms. The molecule has 0 fully saturated rings. The van der Waals surface area contributed by atoms with Crippen LogP contribution in [0.3, 0.4) is 0 Å². The molecule has 0 radical (unpaired) electrons. The molecule has 4 nitrogen and oxygen atoms in total. The summed E-state index contributed by atoms with van der Waals surface area (Å²) in [4.78, 5) is 14.7. The van der Waals surface area contributed by atoms with E-state index in [9.17, 15) is 4.79 Å². The first-order valence-corrected chi connectivity index (χ1v) is 8.51. The van der Waals surface area contributed by atoms with Crippen LogP contribution >= 0.6 is 0 Å². The fourth-order valence-electron chi connectivity index (χ4n) is 1.83. The van der Waals surface area contributed by atoms with E-state index in [4.69, 9.17) is 10.4 Å². The lowest BCUT2D eigenvalue weighted by Gasteiger charge is -2.03. The molecule has 0 aromatic heterocycles. The molecule has 0 rings (SSSR count). The molecule has 0 aliphatic carbocycles. The fraction of sp³-hybridized carbons (Fsp3) is 0.450. The monoisotopic (exact) mass is 334 g/mol. The summed E-state index contributed by atoms with van der Waals surface area (Å²) in [6.07, 6.45) is 24.7. The van der Waals surface area contributed by atoms with Gasteiger partial charge in [-0.15, -0.1) is 0 Å². The molecular formula is C20H30O4. The first-order valence-electron chi connectivity index (χ1n) is 8.51. The molecular weight excluding hydrogens is 304 g/mol. The number of hydrogen-bond acceptors (Lipinski definition) is 3. The standard InChI is InChI=1S/C20H30O4/c1-2-3-13-16-19(24-23)17-14-11-9-7-5-4-6-8-10-12-15-18-20(21)22/h3-5,8-11,13-14,17,19,23H,2,6-7,12,15-16,18H2,1H3,(H,21,22)/t19-/m0/s1. The Morgan fingerprint density at radius 1 is 1.00 bits per heavy atom. The number of rotatable bonds is 14. The van der Waals surface area contributed by atoms with Crippen molar-refractivity contribution in [3.8, 4) is 0 Å². The van der Waals surface area contributed by atoms with Gasteiger partial charge in [0.1, 0.15) is 6.10 Å². The number of unbranched alkanes of at least 4 members (excludes halogenated alkanes) is 1. The average Bonchev–Trinajstić information content (AvgIpc) is 2.57. The Labute approximate surface area is 145 Å². The van der Waals surface area contributed by atoms with Gasteiger partial charge in [-0.3, -0.25) is 10.1 Å². The third kappa shape index (κ3) is 16.5. The van der Waals surface area contributed by atoms with Crippen molar-refractivity contribution in [2.75, 3.05) is 0 Å². The van der Waals surface area contributed by atoms with E-state index in [1.807, 2.05) is 42.5 Å². The van der Waals surface area contributed by atoms with Crippen molar-refractivity contribution < 1.29 is 20.0 Å². The molecule has 2 N–H and O–H groups in total. The summed E-state index contributed by atoms with van der Waals surface area (Å²) in [5, 5.41) is 17.3. The van der Waals surface area contributed by atoms with Gasteiger partial charge in [-0.2, -0.15) is 0 Å². The molecule has 0 bridgehead atoms. The van der Waals surface area contributed by atoms with Gasteiger partial charge < -0.3 is 5.11 Å². The van der Waals surface area contributed by atoms with E-state index in [0.29, 0.717) is 12.8 Å². The summed E-state index contributed by atoms with van der Waals surface area (Å²) in [5.74, 6) is -0.738. The quantitative estimate of drug-likeness (QED) is 0.145. The summed E-state index contributed by atoms with van der Waals surface area (Å²) >= 11 is 0. The van der Waals surface area contributed by atoms with Gasteiger partial charge in [-0.1, -0.05) is 67.7 Å². The number of carboxylic acids is 1. The summed E-state index contributed by atoms with van der Waals surface area (Å²) in [6.45, 7) is 2.06. The van der Waals surface area contributed by atoms with E-state index in [1.165, 1.54) is 0 Å². The lowest BCUT2D eigenvalue weighted by Crippen LogP contribution is -2.04. The zero-order valence-electron chi connectivity index (χ0n) is 14.5. The van der Waals surface area contributed by atoms with Gasteiger partial charge in [0.05, 0.1) is 0 Å². The lowest BCUT2D eigenvalue weighted by molar-refractivity contribution is -0.264. The first-order chi connectivity index (χ1) is 11.7. The van der Waals surface area contributed by atoms with Crippen LogP contribution in [0.25, 0.3) is 0 Å².